The van der Waals surface area contributed by atoms with Gasteiger partial charge in [0.1, 0.15) is 11.6 Å². The number of carbonyl (C=O) groups is 1. The van der Waals surface area contributed by atoms with Crippen LogP contribution < -0.4 is 15.0 Å². The van der Waals surface area contributed by atoms with Crippen LogP contribution in [0.4, 0.5) is 0 Å². The van der Waals surface area contributed by atoms with E-state index in [1.54, 1.807) is 31.2 Å². The van der Waals surface area contributed by atoms with Crippen molar-refractivity contribution in [2.75, 3.05) is 6.61 Å². The number of ether oxygens (including phenoxy) is 2. The first-order valence-electron chi connectivity index (χ1n) is 11.1. The van der Waals surface area contributed by atoms with Gasteiger partial charge in [-0.25, -0.2) is 4.98 Å². The third-order valence-electron chi connectivity index (χ3n) is 5.15. The van der Waals surface area contributed by atoms with Crippen LogP contribution in [-0.4, -0.2) is 48.2 Å². The zero-order valence-electron chi connectivity index (χ0n) is 19.6. The minimum Gasteiger partial charge on any atom is -0.490 e. The van der Waals surface area contributed by atoms with Gasteiger partial charge in [-0.05, 0) is 55.8 Å². The Labute approximate surface area is 213 Å². The molecule has 0 radical (unpaired) electrons. The van der Waals surface area contributed by atoms with E-state index in [0.717, 1.165) is 11.4 Å². The van der Waals surface area contributed by atoms with Crippen LogP contribution >= 0.6 is 23.1 Å². The second kappa shape index (κ2) is 9.66. The van der Waals surface area contributed by atoms with Gasteiger partial charge in [0.05, 0.1) is 22.9 Å². The van der Waals surface area contributed by atoms with Crippen molar-refractivity contribution in [1.29, 1.82) is 5.41 Å². The normalized spacial score (nSPS) is 16.4. The average molecular weight is 524 g/mol. The van der Waals surface area contributed by atoms with Crippen LogP contribution in [0.5, 0.6) is 11.5 Å². The van der Waals surface area contributed by atoms with E-state index >= 15 is 0 Å². The fourth-order valence-corrected chi connectivity index (χ4v) is 5.11. The number of benzene rings is 1. The Bertz CT molecular complexity index is 1550. The van der Waals surface area contributed by atoms with Crippen molar-refractivity contribution in [3.63, 3.8) is 0 Å². The summed E-state index contributed by atoms with van der Waals surface area (Å²) in [6.07, 6.45) is 2.30. The molecule has 0 bridgehead atoms. The molecule has 0 unspecified atom stereocenters. The smallest absolute Gasteiger partial charge is 0.283 e. The Morgan fingerprint density at radius 3 is 2.75 bits per heavy atom. The number of carbonyl (C=O) groups excluding carboxylic acids is 1. The summed E-state index contributed by atoms with van der Waals surface area (Å²) in [5, 5.41) is 20.2. The minimum absolute atomic E-state index is 0.0327. The molecule has 0 atom stereocenters. The lowest BCUT2D eigenvalue weighted by Gasteiger charge is -2.20. The number of hydrogen-bond acceptors (Lipinski definition) is 10. The van der Waals surface area contributed by atoms with Crippen molar-refractivity contribution in [3.05, 3.63) is 56.5 Å². The molecule has 0 saturated heterocycles. The van der Waals surface area contributed by atoms with Crippen molar-refractivity contribution < 1.29 is 14.3 Å². The first kappa shape index (κ1) is 23.9. The predicted molar refractivity (Wildman–Crippen MR) is 139 cm³/mol. The van der Waals surface area contributed by atoms with Crippen LogP contribution in [-0.2, 0) is 17.8 Å². The molecule has 1 aromatic carbocycles. The molecule has 11 nitrogen and oxygen atoms in total. The number of hydrogen-bond donors (Lipinski definition) is 1. The van der Waals surface area contributed by atoms with E-state index in [4.69, 9.17) is 14.9 Å². The highest BCUT2D eigenvalue weighted by Gasteiger charge is 2.34. The molecular weight excluding hydrogens is 502 g/mol. The van der Waals surface area contributed by atoms with E-state index in [2.05, 4.69) is 20.2 Å². The molecule has 0 fully saturated rings. The quantitative estimate of drug-likeness (QED) is 0.466. The van der Waals surface area contributed by atoms with E-state index < -0.39 is 5.91 Å². The number of nitrogens with one attached hydrogen (secondary N) is 1. The molecular formula is C23H21N7O4S2. The zero-order valence-corrected chi connectivity index (χ0v) is 21.3. The SMILES string of the molecule is CCOc1cc(/C=C2\C(=N)N3N=C(C)SC3=NC2=O)ccc1OCc1cc(=O)n2nc(CC)sc2n1. The maximum absolute atomic E-state index is 12.6. The monoisotopic (exact) mass is 523 g/mol. The summed E-state index contributed by atoms with van der Waals surface area (Å²) in [4.78, 5) is 34.0. The fourth-order valence-electron chi connectivity index (χ4n) is 3.52. The molecule has 3 aromatic rings. The number of amides is 1. The molecule has 5 rings (SSSR count). The number of aliphatic imine (C=N–C) groups is 1. The van der Waals surface area contributed by atoms with Crippen molar-refractivity contribution in [1.82, 2.24) is 19.6 Å². The lowest BCUT2D eigenvalue weighted by Crippen LogP contribution is -2.35. The summed E-state index contributed by atoms with van der Waals surface area (Å²) in [7, 11) is 0. The van der Waals surface area contributed by atoms with E-state index in [0.29, 0.717) is 44.5 Å². The molecule has 0 aliphatic carbocycles. The highest BCUT2D eigenvalue weighted by molar-refractivity contribution is 8.26. The highest BCUT2D eigenvalue weighted by atomic mass is 32.2. The van der Waals surface area contributed by atoms with Gasteiger partial charge in [-0.3, -0.25) is 15.0 Å². The second-order valence-electron chi connectivity index (χ2n) is 7.70. The van der Waals surface area contributed by atoms with Gasteiger partial charge in [0.25, 0.3) is 11.5 Å². The number of hydrazone groups is 1. The number of amidine groups is 2. The van der Waals surface area contributed by atoms with Crippen LogP contribution in [0, 0.1) is 5.41 Å². The van der Waals surface area contributed by atoms with E-state index in [1.165, 1.54) is 38.7 Å². The number of nitrogens with zero attached hydrogens (tertiary/aromatic N) is 6. The second-order valence-corrected chi connectivity index (χ2v) is 9.90. The molecule has 184 valence electrons. The Hall–Kier alpha value is -3.84. The minimum atomic E-state index is -0.496. The first-order chi connectivity index (χ1) is 17.4. The summed E-state index contributed by atoms with van der Waals surface area (Å²) in [5.41, 5.74) is 0.986. The van der Waals surface area contributed by atoms with Crippen molar-refractivity contribution >= 4 is 56.1 Å². The molecule has 1 amide bonds. The summed E-state index contributed by atoms with van der Waals surface area (Å²) < 4.78 is 13.0. The Balaban J connectivity index is 1.39. The fraction of sp³-hybridized carbons (Fsp3) is 0.261. The molecule has 13 heteroatoms. The maximum Gasteiger partial charge on any atom is 0.283 e. The Kier molecular flexibility index (Phi) is 6.41. The lowest BCUT2D eigenvalue weighted by molar-refractivity contribution is -0.114. The number of aromatic nitrogens is 3. The third kappa shape index (κ3) is 4.54. The van der Waals surface area contributed by atoms with Crippen molar-refractivity contribution in [2.24, 2.45) is 10.1 Å². The van der Waals surface area contributed by atoms with E-state index in [1.807, 2.05) is 13.8 Å². The zero-order chi connectivity index (χ0) is 25.4. The molecule has 2 aromatic heterocycles. The van der Waals surface area contributed by atoms with Crippen LogP contribution in [0.3, 0.4) is 0 Å². The summed E-state index contributed by atoms with van der Waals surface area (Å²) in [6.45, 7) is 6.08. The van der Waals surface area contributed by atoms with Gasteiger partial charge in [-0.1, -0.05) is 24.3 Å². The van der Waals surface area contributed by atoms with Gasteiger partial charge >= 0.3 is 0 Å². The first-order valence-corrected chi connectivity index (χ1v) is 12.7. The molecule has 1 N–H and O–H groups in total. The predicted octanol–water partition coefficient (Wildman–Crippen LogP) is 3.33. The summed E-state index contributed by atoms with van der Waals surface area (Å²) in [5.74, 6) is 0.389. The molecule has 2 aliphatic rings. The van der Waals surface area contributed by atoms with Gasteiger partial charge in [0, 0.05) is 6.07 Å². The summed E-state index contributed by atoms with van der Waals surface area (Å²) >= 11 is 2.63. The molecule has 0 saturated carbocycles. The number of fused-ring (bicyclic) bond motifs is 2. The third-order valence-corrected chi connectivity index (χ3v) is 7.03. The van der Waals surface area contributed by atoms with E-state index in [9.17, 15) is 9.59 Å². The molecule has 36 heavy (non-hydrogen) atoms. The van der Waals surface area contributed by atoms with Crippen LogP contribution in [0.25, 0.3) is 11.0 Å². The topological polar surface area (TPSA) is 135 Å². The van der Waals surface area contributed by atoms with Crippen LogP contribution in [0.15, 0.2) is 44.7 Å². The largest absolute Gasteiger partial charge is 0.490 e. The van der Waals surface area contributed by atoms with Gasteiger partial charge in [0.2, 0.25) is 10.1 Å². The standard InChI is InChI=1S/C23H21N7O4S2/c1-4-18-28-29-19(31)10-14(25-22(29)36-18)11-34-16-7-6-13(9-17(16)33-5-2)8-15-20(24)30-23(26-21(15)32)35-12(3)27-30/h6-10,24H,4-5,11H2,1-3H3/b15-8+,24-20?. The number of aryl methyl sites for hydroxylation is 1. The van der Waals surface area contributed by atoms with E-state index in [-0.39, 0.29) is 23.6 Å². The molecule has 0 spiro atoms. The Morgan fingerprint density at radius 1 is 1.14 bits per heavy atom. The average Bonchev–Trinajstić information content (AvgIpc) is 3.44. The van der Waals surface area contributed by atoms with Crippen LogP contribution in [0.1, 0.15) is 37.0 Å². The van der Waals surface area contributed by atoms with Crippen molar-refractivity contribution in [3.8, 4) is 11.5 Å². The van der Waals surface area contributed by atoms with Crippen LogP contribution in [0.2, 0.25) is 0 Å². The highest BCUT2D eigenvalue weighted by Crippen LogP contribution is 2.32. The Morgan fingerprint density at radius 2 is 1.97 bits per heavy atom. The van der Waals surface area contributed by atoms with Crippen molar-refractivity contribution in [2.45, 2.75) is 33.8 Å². The van der Waals surface area contributed by atoms with Gasteiger partial charge in [-0.2, -0.15) is 24.7 Å². The molecule has 2 aliphatic heterocycles. The summed E-state index contributed by atoms with van der Waals surface area (Å²) in [6, 6.07) is 6.59. The number of thioether (sulfide) groups is 1. The maximum atomic E-state index is 12.6. The molecule has 4 heterocycles. The lowest BCUT2D eigenvalue weighted by atomic mass is 10.1. The van der Waals surface area contributed by atoms with Gasteiger partial charge in [-0.15, -0.1) is 0 Å². The number of rotatable bonds is 7. The van der Waals surface area contributed by atoms with Gasteiger partial charge < -0.3 is 9.47 Å². The van der Waals surface area contributed by atoms with Gasteiger partial charge in [0.15, 0.2) is 17.3 Å².